The molecule has 0 radical (unpaired) electrons. The summed E-state index contributed by atoms with van der Waals surface area (Å²) in [6.45, 7) is 1.90. The number of thiol groups is 1. The Morgan fingerprint density at radius 3 is 2.53 bits per heavy atom. The zero-order chi connectivity index (χ0) is 13.8. The van der Waals surface area contributed by atoms with Crippen LogP contribution in [0.4, 0.5) is 16.2 Å². The van der Waals surface area contributed by atoms with Crippen LogP contribution in [0.15, 0.2) is 47.4 Å². The largest absolute Gasteiger partial charge is 0.323 e. The fraction of sp³-hybridized carbons (Fsp3) is 0.0714. The Morgan fingerprint density at radius 2 is 1.79 bits per heavy atom. The summed E-state index contributed by atoms with van der Waals surface area (Å²) in [6.07, 6.45) is 0. The van der Waals surface area contributed by atoms with Crippen molar-refractivity contribution in [3.63, 3.8) is 0 Å². The molecule has 0 saturated carbocycles. The van der Waals surface area contributed by atoms with Crippen LogP contribution in [0, 0.1) is 6.92 Å². The molecular formula is C14H13ClN2OS. The summed E-state index contributed by atoms with van der Waals surface area (Å²) >= 11 is 10.2. The molecular weight excluding hydrogens is 280 g/mol. The molecule has 0 saturated heterocycles. The maximum absolute atomic E-state index is 11.9. The van der Waals surface area contributed by atoms with E-state index in [-0.39, 0.29) is 6.03 Å². The van der Waals surface area contributed by atoms with Crippen molar-refractivity contribution >= 4 is 41.6 Å². The van der Waals surface area contributed by atoms with Gasteiger partial charge in [0, 0.05) is 15.6 Å². The summed E-state index contributed by atoms with van der Waals surface area (Å²) in [5.41, 5.74) is 2.28. The van der Waals surface area contributed by atoms with Gasteiger partial charge in [-0.15, -0.1) is 12.6 Å². The molecule has 0 unspecified atom stereocenters. The van der Waals surface area contributed by atoms with Crippen molar-refractivity contribution in [1.82, 2.24) is 0 Å². The lowest BCUT2D eigenvalue weighted by atomic mass is 10.2. The molecule has 0 aliphatic rings. The Hall–Kier alpha value is -1.65. The molecule has 0 bridgehead atoms. The topological polar surface area (TPSA) is 41.1 Å². The van der Waals surface area contributed by atoms with E-state index in [1.165, 1.54) is 0 Å². The van der Waals surface area contributed by atoms with Crippen LogP contribution in [-0.4, -0.2) is 6.03 Å². The molecule has 3 nitrogen and oxygen atoms in total. The number of halogens is 1. The Bertz CT molecular complexity index is 616. The lowest BCUT2D eigenvalue weighted by molar-refractivity contribution is 0.262. The quantitative estimate of drug-likeness (QED) is 0.697. The molecule has 2 rings (SSSR count). The average Bonchev–Trinajstić information content (AvgIpc) is 2.37. The number of carbonyl (C=O) groups excluding carboxylic acids is 1. The minimum absolute atomic E-state index is 0.327. The molecule has 0 fully saturated rings. The second-order valence-corrected chi connectivity index (χ2v) is 4.97. The van der Waals surface area contributed by atoms with E-state index in [0.717, 1.165) is 5.56 Å². The third-order valence-corrected chi connectivity index (χ3v) is 3.23. The molecule has 98 valence electrons. The molecule has 2 amide bonds. The van der Waals surface area contributed by atoms with Gasteiger partial charge in [-0.05, 0) is 36.8 Å². The number of carbonyl (C=O) groups is 1. The Kier molecular flexibility index (Phi) is 4.35. The maximum atomic E-state index is 11.9. The summed E-state index contributed by atoms with van der Waals surface area (Å²) in [6, 6.07) is 12.3. The lowest BCUT2D eigenvalue weighted by Gasteiger charge is -2.11. The fourth-order valence-corrected chi connectivity index (χ4v) is 1.97. The molecule has 0 aromatic heterocycles. The van der Waals surface area contributed by atoms with Crippen molar-refractivity contribution in [2.24, 2.45) is 0 Å². The number of benzene rings is 2. The molecule has 2 N–H and O–H groups in total. The van der Waals surface area contributed by atoms with Gasteiger partial charge in [0.25, 0.3) is 0 Å². The predicted octanol–water partition coefficient (Wildman–Crippen LogP) is 4.58. The predicted molar refractivity (Wildman–Crippen MR) is 82.5 cm³/mol. The first-order valence-electron chi connectivity index (χ1n) is 5.68. The molecule has 19 heavy (non-hydrogen) atoms. The van der Waals surface area contributed by atoms with Crippen molar-refractivity contribution in [3.05, 3.63) is 53.1 Å². The highest BCUT2D eigenvalue weighted by molar-refractivity contribution is 7.80. The second-order valence-electron chi connectivity index (χ2n) is 4.06. The van der Waals surface area contributed by atoms with E-state index >= 15 is 0 Å². The van der Waals surface area contributed by atoms with E-state index in [4.69, 9.17) is 11.6 Å². The molecule has 0 aliphatic heterocycles. The number of urea groups is 1. The molecule has 2 aromatic rings. The molecule has 0 aliphatic carbocycles. The van der Waals surface area contributed by atoms with Crippen LogP contribution in [0.3, 0.4) is 0 Å². The number of rotatable bonds is 2. The first kappa shape index (κ1) is 13.8. The third kappa shape index (κ3) is 3.66. The number of nitrogens with one attached hydrogen (secondary N) is 2. The number of anilines is 2. The summed E-state index contributed by atoms with van der Waals surface area (Å²) in [5, 5.41) is 6.07. The van der Waals surface area contributed by atoms with Crippen LogP contribution in [0.25, 0.3) is 0 Å². The monoisotopic (exact) mass is 292 g/mol. The highest BCUT2D eigenvalue weighted by Gasteiger charge is 2.07. The summed E-state index contributed by atoms with van der Waals surface area (Å²) in [4.78, 5) is 12.6. The first-order chi connectivity index (χ1) is 9.06. The van der Waals surface area contributed by atoms with E-state index in [1.807, 2.05) is 31.2 Å². The maximum Gasteiger partial charge on any atom is 0.323 e. The van der Waals surface area contributed by atoms with E-state index < -0.39 is 0 Å². The van der Waals surface area contributed by atoms with Gasteiger partial charge in [0.05, 0.1) is 5.69 Å². The van der Waals surface area contributed by atoms with Crippen LogP contribution in [-0.2, 0) is 0 Å². The van der Waals surface area contributed by atoms with Gasteiger partial charge in [-0.25, -0.2) is 4.79 Å². The zero-order valence-corrected chi connectivity index (χ0v) is 11.9. The third-order valence-electron chi connectivity index (χ3n) is 2.60. The van der Waals surface area contributed by atoms with Crippen LogP contribution in [0.5, 0.6) is 0 Å². The molecule has 2 aromatic carbocycles. The molecule has 0 spiro atoms. The number of aryl methyl sites for hydroxylation is 1. The van der Waals surface area contributed by atoms with Crippen LogP contribution < -0.4 is 10.6 Å². The number of hydrogen-bond acceptors (Lipinski definition) is 2. The fourth-order valence-electron chi connectivity index (χ4n) is 1.58. The van der Waals surface area contributed by atoms with Gasteiger partial charge < -0.3 is 10.6 Å². The van der Waals surface area contributed by atoms with Crippen molar-refractivity contribution in [3.8, 4) is 0 Å². The summed E-state index contributed by atoms with van der Waals surface area (Å²) < 4.78 is 0. The van der Waals surface area contributed by atoms with E-state index in [1.54, 1.807) is 18.2 Å². The molecule has 0 heterocycles. The molecule has 5 heteroatoms. The van der Waals surface area contributed by atoms with Crippen LogP contribution in [0.1, 0.15) is 5.56 Å². The van der Waals surface area contributed by atoms with E-state index in [9.17, 15) is 4.79 Å². The minimum atomic E-state index is -0.327. The van der Waals surface area contributed by atoms with Crippen molar-refractivity contribution < 1.29 is 4.79 Å². The summed E-state index contributed by atoms with van der Waals surface area (Å²) in [5.74, 6) is 0. The van der Waals surface area contributed by atoms with Gasteiger partial charge in [0.2, 0.25) is 0 Å². The smallest absolute Gasteiger partial charge is 0.307 e. The Balaban J connectivity index is 2.10. The minimum Gasteiger partial charge on any atom is -0.307 e. The second kappa shape index (κ2) is 5.99. The SMILES string of the molecule is Cc1ccc(Cl)cc1NC(=O)Nc1ccccc1S. The van der Waals surface area contributed by atoms with Gasteiger partial charge >= 0.3 is 6.03 Å². The Labute approximate surface area is 122 Å². The van der Waals surface area contributed by atoms with E-state index in [2.05, 4.69) is 23.3 Å². The van der Waals surface area contributed by atoms with Crippen LogP contribution in [0.2, 0.25) is 5.02 Å². The summed E-state index contributed by atoms with van der Waals surface area (Å²) in [7, 11) is 0. The molecule has 0 atom stereocenters. The number of amides is 2. The van der Waals surface area contributed by atoms with Gasteiger partial charge in [0.15, 0.2) is 0 Å². The normalized spacial score (nSPS) is 10.1. The van der Waals surface area contributed by atoms with Gasteiger partial charge in [-0.1, -0.05) is 29.8 Å². The Morgan fingerprint density at radius 1 is 1.11 bits per heavy atom. The van der Waals surface area contributed by atoms with Crippen molar-refractivity contribution in [1.29, 1.82) is 0 Å². The van der Waals surface area contributed by atoms with Gasteiger partial charge in [0.1, 0.15) is 0 Å². The standard InChI is InChI=1S/C14H13ClN2OS/c1-9-6-7-10(15)8-12(9)17-14(18)16-11-4-2-3-5-13(11)19/h2-8,19H,1H3,(H2,16,17,18). The average molecular weight is 293 g/mol. The van der Waals surface area contributed by atoms with Crippen molar-refractivity contribution in [2.45, 2.75) is 11.8 Å². The highest BCUT2D eigenvalue weighted by Crippen LogP contribution is 2.22. The lowest BCUT2D eigenvalue weighted by Crippen LogP contribution is -2.20. The number of para-hydroxylation sites is 1. The highest BCUT2D eigenvalue weighted by atomic mass is 35.5. The first-order valence-corrected chi connectivity index (χ1v) is 6.51. The van der Waals surface area contributed by atoms with Crippen LogP contribution >= 0.6 is 24.2 Å². The van der Waals surface area contributed by atoms with Gasteiger partial charge in [-0.2, -0.15) is 0 Å². The van der Waals surface area contributed by atoms with Gasteiger partial charge in [-0.3, -0.25) is 0 Å². The zero-order valence-electron chi connectivity index (χ0n) is 10.3. The van der Waals surface area contributed by atoms with E-state index in [0.29, 0.717) is 21.3 Å². The van der Waals surface area contributed by atoms with Crippen molar-refractivity contribution in [2.75, 3.05) is 10.6 Å². The number of hydrogen-bond donors (Lipinski definition) is 3.